The number of hydrogen-bond acceptors (Lipinski definition) is 2. The van der Waals surface area contributed by atoms with E-state index in [9.17, 15) is 14.5 Å². The molecular formula is C15H10ClFN2O2. The summed E-state index contributed by atoms with van der Waals surface area (Å²) in [6, 6.07) is 10.8. The van der Waals surface area contributed by atoms with E-state index in [4.69, 9.17) is 11.6 Å². The Bertz CT molecular complexity index is 845. The summed E-state index contributed by atoms with van der Waals surface area (Å²) >= 11 is 6.02. The van der Waals surface area contributed by atoms with Crippen molar-refractivity contribution >= 4 is 28.2 Å². The van der Waals surface area contributed by atoms with Crippen LogP contribution in [0.15, 0.2) is 48.7 Å². The van der Waals surface area contributed by atoms with Crippen LogP contribution in [0.2, 0.25) is 5.02 Å². The zero-order valence-corrected chi connectivity index (χ0v) is 11.5. The molecule has 0 aliphatic carbocycles. The average Bonchev–Trinajstić information content (AvgIpc) is 2.85. The Kier molecular flexibility index (Phi) is 3.35. The van der Waals surface area contributed by atoms with Crippen LogP contribution in [-0.2, 0) is 6.54 Å². The summed E-state index contributed by atoms with van der Waals surface area (Å²) < 4.78 is 14.9. The third-order valence-corrected chi connectivity index (χ3v) is 3.70. The highest BCUT2D eigenvalue weighted by molar-refractivity contribution is 6.31. The third kappa shape index (κ3) is 2.48. The maximum absolute atomic E-state index is 13.1. The third-order valence-electron chi connectivity index (χ3n) is 3.34. The van der Waals surface area contributed by atoms with Crippen LogP contribution in [0.3, 0.4) is 0 Å². The summed E-state index contributed by atoms with van der Waals surface area (Å²) in [5, 5.41) is 11.9. The second-order valence-electron chi connectivity index (χ2n) is 4.65. The molecule has 3 aromatic rings. The van der Waals surface area contributed by atoms with Gasteiger partial charge in [-0.3, -0.25) is 10.1 Å². The average molecular weight is 305 g/mol. The first-order valence-corrected chi connectivity index (χ1v) is 6.60. The lowest BCUT2D eigenvalue weighted by atomic mass is 10.2. The van der Waals surface area contributed by atoms with Crippen LogP contribution in [0.1, 0.15) is 5.56 Å². The number of halogens is 2. The van der Waals surface area contributed by atoms with Crippen LogP contribution < -0.4 is 0 Å². The first-order chi connectivity index (χ1) is 10.1. The molecule has 0 bridgehead atoms. The van der Waals surface area contributed by atoms with Crippen molar-refractivity contribution in [3.63, 3.8) is 0 Å². The van der Waals surface area contributed by atoms with Crippen LogP contribution in [0.5, 0.6) is 0 Å². The van der Waals surface area contributed by atoms with Gasteiger partial charge in [0, 0.05) is 23.8 Å². The summed E-state index contributed by atoms with van der Waals surface area (Å²) in [5.41, 5.74) is 1.56. The van der Waals surface area contributed by atoms with E-state index in [1.807, 2.05) is 4.57 Å². The quantitative estimate of drug-likeness (QED) is 0.532. The lowest BCUT2D eigenvalue weighted by Gasteiger charge is -2.07. The molecule has 0 amide bonds. The number of benzene rings is 2. The Morgan fingerprint density at radius 2 is 2.05 bits per heavy atom. The summed E-state index contributed by atoms with van der Waals surface area (Å²) in [5.74, 6) is -0.392. The highest BCUT2D eigenvalue weighted by Gasteiger charge is 2.14. The van der Waals surface area contributed by atoms with E-state index in [2.05, 4.69) is 0 Å². The molecular weight excluding hydrogens is 295 g/mol. The van der Waals surface area contributed by atoms with E-state index in [0.717, 1.165) is 11.1 Å². The fraction of sp³-hybridized carbons (Fsp3) is 0.0667. The van der Waals surface area contributed by atoms with E-state index in [1.165, 1.54) is 18.2 Å². The molecule has 3 rings (SSSR count). The van der Waals surface area contributed by atoms with Crippen molar-refractivity contribution in [2.45, 2.75) is 6.54 Å². The molecule has 0 saturated heterocycles. The number of rotatable bonds is 3. The van der Waals surface area contributed by atoms with Gasteiger partial charge in [0.05, 0.1) is 15.8 Å². The van der Waals surface area contributed by atoms with Crippen molar-refractivity contribution in [1.82, 2.24) is 4.57 Å². The summed E-state index contributed by atoms with van der Waals surface area (Å²) in [6.45, 7) is 0.420. The minimum absolute atomic E-state index is 0.0662. The number of nitrogens with zero attached hydrogens (tertiary/aromatic N) is 2. The Morgan fingerprint density at radius 3 is 2.76 bits per heavy atom. The van der Waals surface area contributed by atoms with Gasteiger partial charge < -0.3 is 4.57 Å². The molecule has 0 aliphatic heterocycles. The van der Waals surface area contributed by atoms with E-state index in [0.29, 0.717) is 17.0 Å². The Hall–Kier alpha value is -2.40. The first-order valence-electron chi connectivity index (χ1n) is 6.22. The molecule has 6 heteroatoms. The normalized spacial score (nSPS) is 11.0. The molecule has 0 atom stereocenters. The topological polar surface area (TPSA) is 48.1 Å². The maximum atomic E-state index is 13.1. The van der Waals surface area contributed by atoms with Gasteiger partial charge in [-0.15, -0.1) is 0 Å². The highest BCUT2D eigenvalue weighted by atomic mass is 35.5. The van der Waals surface area contributed by atoms with Crippen LogP contribution in [0.4, 0.5) is 10.1 Å². The molecule has 0 radical (unpaired) electrons. The van der Waals surface area contributed by atoms with Crippen molar-refractivity contribution in [3.8, 4) is 0 Å². The van der Waals surface area contributed by atoms with Gasteiger partial charge in [-0.1, -0.05) is 23.7 Å². The number of nitro benzene ring substituents is 1. The van der Waals surface area contributed by atoms with Gasteiger partial charge in [-0.05, 0) is 29.8 Å². The molecule has 0 unspecified atom stereocenters. The molecule has 106 valence electrons. The van der Waals surface area contributed by atoms with Gasteiger partial charge in [0.1, 0.15) is 5.82 Å². The molecule has 0 saturated carbocycles. The molecule has 0 aliphatic rings. The van der Waals surface area contributed by atoms with Crippen molar-refractivity contribution < 1.29 is 9.31 Å². The highest BCUT2D eigenvalue weighted by Crippen LogP contribution is 2.27. The van der Waals surface area contributed by atoms with Gasteiger partial charge in [-0.25, -0.2) is 4.39 Å². The van der Waals surface area contributed by atoms with Crippen LogP contribution in [-0.4, -0.2) is 9.49 Å². The summed E-state index contributed by atoms with van der Waals surface area (Å²) in [7, 11) is 0. The molecule has 0 fully saturated rings. The van der Waals surface area contributed by atoms with Crippen LogP contribution >= 0.6 is 11.6 Å². The van der Waals surface area contributed by atoms with Gasteiger partial charge >= 0.3 is 0 Å². The second-order valence-corrected chi connectivity index (χ2v) is 5.05. The van der Waals surface area contributed by atoms with Gasteiger partial charge in [0.2, 0.25) is 0 Å². The first kappa shape index (κ1) is 13.6. The molecule has 4 nitrogen and oxygen atoms in total. The predicted octanol–water partition coefficient (Wildman–Crippen LogP) is 4.39. The summed E-state index contributed by atoms with van der Waals surface area (Å²) in [6.07, 6.45) is 1.76. The second kappa shape index (κ2) is 5.18. The van der Waals surface area contributed by atoms with Crippen LogP contribution in [0, 0.1) is 15.9 Å². The summed E-state index contributed by atoms with van der Waals surface area (Å²) in [4.78, 5) is 10.6. The SMILES string of the molecule is O=[N+]([O-])c1cccc2c1ccn2Cc1ccc(F)cc1Cl. The maximum Gasteiger partial charge on any atom is 0.278 e. The zero-order chi connectivity index (χ0) is 15.0. The fourth-order valence-electron chi connectivity index (χ4n) is 2.34. The number of aromatic nitrogens is 1. The Morgan fingerprint density at radius 1 is 1.24 bits per heavy atom. The molecule has 1 aromatic heterocycles. The van der Waals surface area contributed by atoms with Crippen molar-refractivity contribution in [1.29, 1.82) is 0 Å². The zero-order valence-electron chi connectivity index (χ0n) is 10.8. The van der Waals surface area contributed by atoms with Gasteiger partial charge in [0.15, 0.2) is 0 Å². The number of fused-ring (bicyclic) bond motifs is 1. The fourth-order valence-corrected chi connectivity index (χ4v) is 2.56. The number of non-ortho nitro benzene ring substituents is 1. The van der Waals surface area contributed by atoms with E-state index in [1.54, 1.807) is 30.5 Å². The van der Waals surface area contributed by atoms with E-state index < -0.39 is 10.7 Å². The lowest BCUT2D eigenvalue weighted by Crippen LogP contribution is -1.99. The predicted molar refractivity (Wildman–Crippen MR) is 79.1 cm³/mol. The smallest absolute Gasteiger partial charge is 0.278 e. The Balaban J connectivity index is 2.06. The molecule has 21 heavy (non-hydrogen) atoms. The number of nitro groups is 1. The van der Waals surface area contributed by atoms with Crippen LogP contribution in [0.25, 0.3) is 10.9 Å². The van der Waals surface area contributed by atoms with Crippen molar-refractivity contribution in [2.75, 3.05) is 0 Å². The minimum Gasteiger partial charge on any atom is -0.343 e. The monoisotopic (exact) mass is 304 g/mol. The lowest BCUT2D eigenvalue weighted by molar-refractivity contribution is -0.383. The largest absolute Gasteiger partial charge is 0.343 e. The standard InChI is InChI=1S/C15H10ClFN2O2/c16-13-8-11(17)5-4-10(13)9-18-7-6-12-14(18)2-1-3-15(12)19(20)21/h1-8H,9H2. The van der Waals surface area contributed by atoms with Gasteiger partial charge in [-0.2, -0.15) is 0 Å². The van der Waals surface area contributed by atoms with Gasteiger partial charge in [0.25, 0.3) is 5.69 Å². The van der Waals surface area contributed by atoms with Crippen molar-refractivity contribution in [2.24, 2.45) is 0 Å². The van der Waals surface area contributed by atoms with E-state index in [-0.39, 0.29) is 5.69 Å². The van der Waals surface area contributed by atoms with Crippen molar-refractivity contribution in [3.05, 3.63) is 75.2 Å². The molecule has 0 N–H and O–H groups in total. The molecule has 0 spiro atoms. The number of hydrogen-bond donors (Lipinski definition) is 0. The molecule has 2 aromatic carbocycles. The molecule has 1 heterocycles. The minimum atomic E-state index is -0.405. The Labute approximate surface area is 124 Å². The van der Waals surface area contributed by atoms with E-state index >= 15 is 0 Å².